The lowest BCUT2D eigenvalue weighted by Gasteiger charge is -2.38. The van der Waals surface area contributed by atoms with Crippen LogP contribution in [0.5, 0.6) is 0 Å². The van der Waals surface area contributed by atoms with E-state index in [0.717, 1.165) is 0 Å². The Kier molecular flexibility index (Phi) is 5.23. The van der Waals surface area contributed by atoms with Crippen LogP contribution < -0.4 is 5.32 Å². The fourth-order valence-corrected chi connectivity index (χ4v) is 1.35. The minimum atomic E-state index is -0.678. The molecule has 6 nitrogen and oxygen atoms in total. The summed E-state index contributed by atoms with van der Waals surface area (Å²) in [5.74, 6) is -0.936. The van der Waals surface area contributed by atoms with E-state index in [-0.39, 0.29) is 11.8 Å². The van der Waals surface area contributed by atoms with Crippen LogP contribution in [0.4, 0.5) is 0 Å². The highest BCUT2D eigenvalue weighted by Crippen LogP contribution is 2.24. The number of oxime groups is 1. The quantitative estimate of drug-likeness (QED) is 0.312. The molecule has 0 rings (SSSR count). The van der Waals surface area contributed by atoms with Crippen LogP contribution >= 0.6 is 0 Å². The smallest absolute Gasteiger partial charge is 0.239 e. The van der Waals surface area contributed by atoms with Gasteiger partial charge in [0.25, 0.3) is 0 Å². The molecule has 6 heteroatoms. The second-order valence-electron chi connectivity index (χ2n) is 4.24. The summed E-state index contributed by atoms with van der Waals surface area (Å²) >= 11 is 0. The van der Waals surface area contributed by atoms with Gasteiger partial charge >= 0.3 is 0 Å². The molecule has 0 saturated heterocycles. The maximum atomic E-state index is 11.8. The van der Waals surface area contributed by atoms with Gasteiger partial charge < -0.3 is 20.2 Å². The van der Waals surface area contributed by atoms with E-state index in [0.29, 0.717) is 0 Å². The third-order valence-corrected chi connectivity index (χ3v) is 2.92. The second kappa shape index (κ2) is 5.69. The Bertz CT molecular complexity index is 274. The number of hydrogen-bond acceptors (Lipinski definition) is 5. The molecule has 0 aromatic rings. The lowest BCUT2D eigenvalue weighted by Crippen LogP contribution is -2.54. The summed E-state index contributed by atoms with van der Waals surface area (Å²) in [4.78, 5) is 13.7. The first kappa shape index (κ1) is 14.7. The standard InChI is InChI=1S/C10H21N3O3/c1-10(2,13(4)5)7(8(14)11-3)9(12-15)16-6/h7,15H,1-6H3,(H,11,14). The number of amides is 1. The van der Waals surface area contributed by atoms with Gasteiger partial charge in [-0.3, -0.25) is 4.79 Å². The zero-order valence-electron chi connectivity index (χ0n) is 10.7. The van der Waals surface area contributed by atoms with Crippen LogP contribution in [0.25, 0.3) is 0 Å². The Morgan fingerprint density at radius 1 is 1.50 bits per heavy atom. The van der Waals surface area contributed by atoms with E-state index < -0.39 is 11.5 Å². The number of carbonyl (C=O) groups is 1. The predicted octanol–water partition coefficient (Wildman–Crippen LogP) is 0.123. The highest BCUT2D eigenvalue weighted by molar-refractivity contribution is 6.01. The van der Waals surface area contributed by atoms with Gasteiger partial charge in [-0.25, -0.2) is 0 Å². The zero-order chi connectivity index (χ0) is 12.9. The maximum absolute atomic E-state index is 11.8. The molecule has 1 unspecified atom stereocenters. The summed E-state index contributed by atoms with van der Waals surface area (Å²) in [5.41, 5.74) is -0.530. The molecule has 2 N–H and O–H groups in total. The van der Waals surface area contributed by atoms with Gasteiger partial charge in [0.15, 0.2) is 0 Å². The van der Waals surface area contributed by atoms with Crippen LogP contribution in [0.15, 0.2) is 5.16 Å². The van der Waals surface area contributed by atoms with Crippen LogP contribution in [-0.2, 0) is 9.53 Å². The van der Waals surface area contributed by atoms with Crippen LogP contribution in [0.3, 0.4) is 0 Å². The number of hydrogen-bond donors (Lipinski definition) is 2. The molecule has 0 spiro atoms. The largest absolute Gasteiger partial charge is 0.481 e. The van der Waals surface area contributed by atoms with E-state index in [1.807, 2.05) is 32.8 Å². The summed E-state index contributed by atoms with van der Waals surface area (Å²) in [6.45, 7) is 3.74. The molecule has 0 fully saturated rings. The molecule has 0 bridgehead atoms. The van der Waals surface area contributed by atoms with E-state index in [2.05, 4.69) is 10.5 Å². The molecule has 0 aliphatic rings. The first-order chi connectivity index (χ1) is 7.32. The summed E-state index contributed by atoms with van der Waals surface area (Å²) in [7, 11) is 6.60. The van der Waals surface area contributed by atoms with Gasteiger partial charge in [-0.1, -0.05) is 5.16 Å². The van der Waals surface area contributed by atoms with Crippen molar-refractivity contribution in [3.63, 3.8) is 0 Å². The average Bonchev–Trinajstić information content (AvgIpc) is 2.24. The molecule has 0 radical (unpaired) electrons. The van der Waals surface area contributed by atoms with Crippen molar-refractivity contribution in [2.24, 2.45) is 11.1 Å². The van der Waals surface area contributed by atoms with E-state index >= 15 is 0 Å². The average molecular weight is 231 g/mol. The van der Waals surface area contributed by atoms with Gasteiger partial charge in [0.05, 0.1) is 7.11 Å². The fraction of sp³-hybridized carbons (Fsp3) is 0.800. The summed E-state index contributed by atoms with van der Waals surface area (Å²) < 4.78 is 4.93. The van der Waals surface area contributed by atoms with Gasteiger partial charge in [-0.05, 0) is 27.9 Å². The highest BCUT2D eigenvalue weighted by atomic mass is 16.5. The lowest BCUT2D eigenvalue weighted by molar-refractivity contribution is -0.126. The van der Waals surface area contributed by atoms with E-state index in [1.165, 1.54) is 14.2 Å². The number of methoxy groups -OCH3 is 1. The first-order valence-electron chi connectivity index (χ1n) is 4.97. The van der Waals surface area contributed by atoms with Crippen molar-refractivity contribution in [1.29, 1.82) is 0 Å². The SMILES string of the molecule is CNC(=O)C(C(=NO)OC)C(C)(C)N(C)C. The maximum Gasteiger partial charge on any atom is 0.239 e. The number of nitrogens with one attached hydrogen (secondary N) is 1. The Morgan fingerprint density at radius 3 is 2.25 bits per heavy atom. The van der Waals surface area contributed by atoms with E-state index in [1.54, 1.807) is 0 Å². The van der Waals surface area contributed by atoms with Crippen molar-refractivity contribution >= 4 is 11.8 Å². The molecule has 0 aliphatic heterocycles. The van der Waals surface area contributed by atoms with Crippen LogP contribution in [0.2, 0.25) is 0 Å². The zero-order valence-corrected chi connectivity index (χ0v) is 10.7. The van der Waals surface area contributed by atoms with Crippen molar-refractivity contribution in [3.05, 3.63) is 0 Å². The Balaban J connectivity index is 5.33. The summed E-state index contributed by atoms with van der Waals surface area (Å²) in [6.07, 6.45) is 0. The van der Waals surface area contributed by atoms with Crippen LogP contribution in [0.1, 0.15) is 13.8 Å². The van der Waals surface area contributed by atoms with Gasteiger partial charge in [-0.2, -0.15) is 0 Å². The molecule has 1 amide bonds. The minimum Gasteiger partial charge on any atom is -0.481 e. The Hall–Kier alpha value is -1.30. The molecule has 0 aromatic carbocycles. The van der Waals surface area contributed by atoms with Crippen molar-refractivity contribution in [2.75, 3.05) is 28.3 Å². The fourth-order valence-electron chi connectivity index (χ4n) is 1.35. The molecule has 0 heterocycles. The topological polar surface area (TPSA) is 74.2 Å². The van der Waals surface area contributed by atoms with Crippen molar-refractivity contribution < 1.29 is 14.7 Å². The normalized spacial score (nSPS) is 14.8. The third kappa shape index (κ3) is 2.85. The Labute approximate surface area is 96.3 Å². The summed E-state index contributed by atoms with van der Waals surface area (Å²) in [5, 5.41) is 14.4. The summed E-state index contributed by atoms with van der Waals surface area (Å²) in [6, 6.07) is 0. The lowest BCUT2D eigenvalue weighted by atomic mass is 9.85. The third-order valence-electron chi connectivity index (χ3n) is 2.92. The van der Waals surface area contributed by atoms with E-state index in [9.17, 15) is 4.79 Å². The predicted molar refractivity (Wildman–Crippen MR) is 61.6 cm³/mol. The molecule has 94 valence electrons. The monoisotopic (exact) mass is 231 g/mol. The first-order valence-corrected chi connectivity index (χ1v) is 4.97. The molecule has 0 aromatic heterocycles. The number of rotatable bonds is 4. The number of nitrogens with zero attached hydrogens (tertiary/aromatic N) is 2. The molecular formula is C10H21N3O3. The van der Waals surface area contributed by atoms with Crippen molar-refractivity contribution in [1.82, 2.24) is 10.2 Å². The van der Waals surface area contributed by atoms with Crippen molar-refractivity contribution in [3.8, 4) is 0 Å². The van der Waals surface area contributed by atoms with Gasteiger partial charge in [0.1, 0.15) is 5.92 Å². The molecule has 16 heavy (non-hydrogen) atoms. The van der Waals surface area contributed by atoms with Crippen LogP contribution in [0, 0.1) is 5.92 Å². The minimum absolute atomic E-state index is 0.00181. The van der Waals surface area contributed by atoms with Crippen molar-refractivity contribution in [2.45, 2.75) is 19.4 Å². The molecule has 0 aliphatic carbocycles. The van der Waals surface area contributed by atoms with E-state index in [4.69, 9.17) is 9.94 Å². The van der Waals surface area contributed by atoms with Gasteiger partial charge in [0, 0.05) is 12.6 Å². The van der Waals surface area contributed by atoms with Gasteiger partial charge in [0.2, 0.25) is 11.8 Å². The number of ether oxygens (including phenoxy) is 1. The van der Waals surface area contributed by atoms with Gasteiger partial charge in [-0.15, -0.1) is 0 Å². The second-order valence-corrected chi connectivity index (χ2v) is 4.24. The number of carbonyl (C=O) groups excluding carboxylic acids is 1. The Morgan fingerprint density at radius 2 is 2.00 bits per heavy atom. The van der Waals surface area contributed by atoms with Crippen LogP contribution in [-0.4, -0.2) is 55.7 Å². The molecular weight excluding hydrogens is 210 g/mol. The molecule has 0 saturated carbocycles. The highest BCUT2D eigenvalue weighted by Gasteiger charge is 2.41. The molecule has 1 atom stereocenters.